The van der Waals surface area contributed by atoms with Crippen LogP contribution in [0.15, 0.2) is 0 Å². The van der Waals surface area contributed by atoms with E-state index in [9.17, 15) is 9.59 Å². The molecule has 2 amide bonds. The van der Waals surface area contributed by atoms with Gasteiger partial charge in [0.05, 0.1) is 0 Å². The largest absolute Gasteiger partial charge is 0.332 e. The number of rotatable bonds is 4. The first-order valence-corrected chi connectivity index (χ1v) is 5.77. The molecule has 5 heteroatoms. The molecule has 0 radical (unpaired) electrons. The quantitative estimate of drug-likeness (QED) is 0.668. The fourth-order valence-corrected chi connectivity index (χ4v) is 1.81. The summed E-state index contributed by atoms with van der Waals surface area (Å²) in [5.74, 6) is -0.534. The van der Waals surface area contributed by atoms with Crippen LogP contribution in [0.5, 0.6) is 0 Å². The van der Waals surface area contributed by atoms with Crippen LogP contribution < -0.4 is 5.73 Å². The summed E-state index contributed by atoms with van der Waals surface area (Å²) in [7, 11) is 0. The fourth-order valence-electron chi connectivity index (χ4n) is 1.81. The highest BCUT2D eigenvalue weighted by Gasteiger charge is 2.33. The van der Waals surface area contributed by atoms with Gasteiger partial charge in [0.2, 0.25) is 0 Å². The van der Waals surface area contributed by atoms with E-state index >= 15 is 0 Å². The number of carbonyl (C=O) groups excluding carboxylic acids is 2. The lowest BCUT2D eigenvalue weighted by atomic mass is 10.1. The van der Waals surface area contributed by atoms with Crippen LogP contribution >= 0.6 is 0 Å². The lowest BCUT2D eigenvalue weighted by molar-refractivity contribution is -0.157. The molecule has 1 saturated heterocycles. The Bertz CT molecular complexity index is 278. The Morgan fingerprint density at radius 1 is 1.19 bits per heavy atom. The molecule has 0 aromatic heterocycles. The molecule has 0 spiro atoms. The van der Waals surface area contributed by atoms with Crippen LogP contribution in [0.1, 0.15) is 20.8 Å². The van der Waals surface area contributed by atoms with E-state index in [2.05, 4.69) is 0 Å². The molecule has 1 aliphatic rings. The lowest BCUT2D eigenvalue weighted by Gasteiger charge is -2.36. The number of hydrogen-bond donors (Lipinski definition) is 1. The topological polar surface area (TPSA) is 66.6 Å². The third-order valence-electron chi connectivity index (χ3n) is 2.90. The monoisotopic (exact) mass is 227 g/mol. The minimum Gasteiger partial charge on any atom is -0.332 e. The third kappa shape index (κ3) is 2.72. The van der Waals surface area contributed by atoms with Crippen molar-refractivity contribution in [2.45, 2.75) is 26.8 Å². The third-order valence-corrected chi connectivity index (χ3v) is 2.90. The Balaban J connectivity index is 2.62. The van der Waals surface area contributed by atoms with Gasteiger partial charge in [-0.25, -0.2) is 0 Å². The Kier molecular flexibility index (Phi) is 4.29. The first-order valence-electron chi connectivity index (χ1n) is 5.77. The van der Waals surface area contributed by atoms with Gasteiger partial charge in [0.1, 0.15) is 0 Å². The highest BCUT2D eigenvalue weighted by atomic mass is 16.2. The molecule has 1 heterocycles. The second kappa shape index (κ2) is 5.30. The van der Waals surface area contributed by atoms with Crippen LogP contribution in [0.4, 0.5) is 0 Å². The average Bonchev–Trinajstić information content (AvgIpc) is 2.24. The predicted octanol–water partition coefficient (Wildman–Crippen LogP) is -0.340. The van der Waals surface area contributed by atoms with E-state index in [1.165, 1.54) is 0 Å². The standard InChI is InChI=1S/C11H21N3O2/c1-8(2)14-5-4-13(7-9(3)6-12)10(15)11(14)16/h8-9H,4-7,12H2,1-3H3. The van der Waals surface area contributed by atoms with Crippen molar-refractivity contribution in [1.82, 2.24) is 9.80 Å². The molecule has 0 saturated carbocycles. The first-order chi connectivity index (χ1) is 7.47. The molecule has 2 N–H and O–H groups in total. The zero-order valence-corrected chi connectivity index (χ0v) is 10.3. The van der Waals surface area contributed by atoms with Crippen LogP contribution in [0.3, 0.4) is 0 Å². The van der Waals surface area contributed by atoms with Crippen molar-refractivity contribution in [3.8, 4) is 0 Å². The van der Waals surface area contributed by atoms with E-state index in [1.54, 1.807) is 9.80 Å². The summed E-state index contributed by atoms with van der Waals surface area (Å²) in [6, 6.07) is 0.0885. The molecule has 92 valence electrons. The molecule has 16 heavy (non-hydrogen) atoms. The predicted molar refractivity (Wildman–Crippen MR) is 61.6 cm³/mol. The average molecular weight is 227 g/mol. The normalized spacial score (nSPS) is 19.6. The summed E-state index contributed by atoms with van der Waals surface area (Å²) in [5.41, 5.74) is 5.51. The van der Waals surface area contributed by atoms with Gasteiger partial charge >= 0.3 is 11.8 Å². The minimum absolute atomic E-state index is 0.0885. The van der Waals surface area contributed by atoms with Gasteiger partial charge in [0.25, 0.3) is 0 Å². The molecule has 0 aliphatic carbocycles. The maximum atomic E-state index is 11.8. The minimum atomic E-state index is -0.389. The summed E-state index contributed by atoms with van der Waals surface area (Å²) >= 11 is 0. The van der Waals surface area contributed by atoms with Crippen LogP contribution in [0.25, 0.3) is 0 Å². The van der Waals surface area contributed by atoms with Crippen molar-refractivity contribution < 1.29 is 9.59 Å². The van der Waals surface area contributed by atoms with Gasteiger partial charge in [-0.3, -0.25) is 9.59 Å². The van der Waals surface area contributed by atoms with E-state index in [1.807, 2.05) is 20.8 Å². The number of amides is 2. The maximum absolute atomic E-state index is 11.8. The molecule has 1 atom stereocenters. The van der Waals surface area contributed by atoms with E-state index in [0.29, 0.717) is 26.2 Å². The zero-order chi connectivity index (χ0) is 12.3. The number of carbonyl (C=O) groups is 2. The summed E-state index contributed by atoms with van der Waals surface area (Å²) in [5, 5.41) is 0. The van der Waals surface area contributed by atoms with Gasteiger partial charge in [-0.2, -0.15) is 0 Å². The molecule has 1 aliphatic heterocycles. The van der Waals surface area contributed by atoms with Crippen LogP contribution in [0.2, 0.25) is 0 Å². The molecular weight excluding hydrogens is 206 g/mol. The van der Waals surface area contributed by atoms with Crippen molar-refractivity contribution in [1.29, 1.82) is 0 Å². The summed E-state index contributed by atoms with van der Waals surface area (Å²) in [6.07, 6.45) is 0. The zero-order valence-electron chi connectivity index (χ0n) is 10.3. The second-order valence-electron chi connectivity index (χ2n) is 4.68. The highest BCUT2D eigenvalue weighted by molar-refractivity contribution is 6.35. The smallest absolute Gasteiger partial charge is 0.312 e. The number of piperazine rings is 1. The molecule has 0 bridgehead atoms. The van der Waals surface area contributed by atoms with Gasteiger partial charge in [-0.15, -0.1) is 0 Å². The highest BCUT2D eigenvalue weighted by Crippen LogP contribution is 2.10. The van der Waals surface area contributed by atoms with E-state index in [0.717, 1.165) is 0 Å². The van der Waals surface area contributed by atoms with Gasteiger partial charge in [-0.1, -0.05) is 6.92 Å². The van der Waals surface area contributed by atoms with Crippen LogP contribution in [0, 0.1) is 5.92 Å². The first kappa shape index (κ1) is 13.0. The Morgan fingerprint density at radius 2 is 1.81 bits per heavy atom. The Morgan fingerprint density at radius 3 is 2.31 bits per heavy atom. The Hall–Kier alpha value is -1.10. The molecular formula is C11H21N3O2. The summed E-state index contributed by atoms with van der Waals surface area (Å²) in [4.78, 5) is 26.8. The molecule has 1 fully saturated rings. The van der Waals surface area contributed by atoms with Crippen molar-refractivity contribution in [2.24, 2.45) is 11.7 Å². The van der Waals surface area contributed by atoms with Crippen molar-refractivity contribution >= 4 is 11.8 Å². The van der Waals surface area contributed by atoms with E-state index in [-0.39, 0.29) is 23.8 Å². The molecule has 1 rings (SSSR count). The Labute approximate surface area is 96.6 Å². The van der Waals surface area contributed by atoms with E-state index in [4.69, 9.17) is 5.73 Å². The molecule has 1 unspecified atom stereocenters. The van der Waals surface area contributed by atoms with E-state index < -0.39 is 0 Å². The van der Waals surface area contributed by atoms with Crippen molar-refractivity contribution in [3.63, 3.8) is 0 Å². The van der Waals surface area contributed by atoms with Crippen LogP contribution in [-0.4, -0.2) is 53.8 Å². The van der Waals surface area contributed by atoms with Crippen molar-refractivity contribution in [3.05, 3.63) is 0 Å². The molecule has 5 nitrogen and oxygen atoms in total. The van der Waals surface area contributed by atoms with Crippen LogP contribution in [-0.2, 0) is 9.59 Å². The molecule has 0 aromatic rings. The number of hydrogen-bond acceptors (Lipinski definition) is 3. The van der Waals surface area contributed by atoms with Gasteiger partial charge < -0.3 is 15.5 Å². The maximum Gasteiger partial charge on any atom is 0.312 e. The summed E-state index contributed by atoms with van der Waals surface area (Å²) in [6.45, 7) is 8.17. The SMILES string of the molecule is CC(CN)CN1CCN(C(C)C)C(=O)C1=O. The lowest BCUT2D eigenvalue weighted by Crippen LogP contribution is -2.57. The van der Waals surface area contributed by atoms with Crippen molar-refractivity contribution in [2.75, 3.05) is 26.2 Å². The number of nitrogens with zero attached hydrogens (tertiary/aromatic N) is 2. The number of nitrogens with two attached hydrogens (primary N) is 1. The van der Waals surface area contributed by atoms with Gasteiger partial charge in [0.15, 0.2) is 0 Å². The summed E-state index contributed by atoms with van der Waals surface area (Å²) < 4.78 is 0. The van der Waals surface area contributed by atoms with Gasteiger partial charge in [0, 0.05) is 25.7 Å². The second-order valence-corrected chi connectivity index (χ2v) is 4.68. The van der Waals surface area contributed by atoms with Gasteiger partial charge in [-0.05, 0) is 26.3 Å². The fraction of sp³-hybridized carbons (Fsp3) is 0.818. The molecule has 0 aromatic carbocycles.